The van der Waals surface area contributed by atoms with Crippen LogP contribution < -0.4 is 11.1 Å². The van der Waals surface area contributed by atoms with Crippen LogP contribution in [-0.2, 0) is 0 Å². The van der Waals surface area contributed by atoms with E-state index in [9.17, 15) is 0 Å². The van der Waals surface area contributed by atoms with Gasteiger partial charge in [0.15, 0.2) is 5.11 Å². The quantitative estimate of drug-likeness (QED) is 0.464. The van der Waals surface area contributed by atoms with Crippen molar-refractivity contribution in [2.75, 3.05) is 6.17 Å². The van der Waals surface area contributed by atoms with Crippen molar-refractivity contribution < 1.29 is 0 Å². The molecular weight excluding hydrogens is 148 g/mol. The molecule has 0 aromatic carbocycles. The second-order valence-corrected chi connectivity index (χ2v) is 9.19. The number of hydrogen-bond donors (Lipinski definition) is 2. The van der Waals surface area contributed by atoms with E-state index in [1.54, 1.807) is 0 Å². The van der Waals surface area contributed by atoms with E-state index in [2.05, 4.69) is 37.2 Å². The summed E-state index contributed by atoms with van der Waals surface area (Å²) >= 11 is 4.65. The molecule has 0 amide bonds. The molecule has 0 heterocycles. The predicted molar refractivity (Wildman–Crippen MR) is 48.1 cm³/mol. The summed E-state index contributed by atoms with van der Waals surface area (Å²) in [5, 5.41) is 3.37. The molecule has 0 aliphatic rings. The average Bonchev–Trinajstić information content (AvgIpc) is 1.59. The van der Waals surface area contributed by atoms with Crippen LogP contribution in [0.3, 0.4) is 0 Å². The van der Waals surface area contributed by atoms with E-state index in [0.717, 1.165) is 6.17 Å². The highest BCUT2D eigenvalue weighted by Gasteiger charge is 2.11. The molecule has 0 aliphatic heterocycles. The third-order valence-corrected chi connectivity index (χ3v) is 2.17. The van der Waals surface area contributed by atoms with Crippen LogP contribution in [0.5, 0.6) is 0 Å². The third-order valence-electron chi connectivity index (χ3n) is 0.793. The van der Waals surface area contributed by atoms with Gasteiger partial charge in [-0.15, -0.1) is 0 Å². The zero-order chi connectivity index (χ0) is 7.49. The average molecular weight is 162 g/mol. The third kappa shape index (κ3) is 7.91. The van der Waals surface area contributed by atoms with Gasteiger partial charge >= 0.3 is 0 Å². The Morgan fingerprint density at radius 3 is 2.11 bits per heavy atom. The van der Waals surface area contributed by atoms with Crippen molar-refractivity contribution >= 4 is 25.4 Å². The van der Waals surface area contributed by atoms with Crippen LogP contribution in [0.1, 0.15) is 0 Å². The first-order chi connectivity index (χ1) is 3.92. The summed E-state index contributed by atoms with van der Waals surface area (Å²) in [5.41, 5.74) is 5.24. The Bertz CT molecular complexity index is 108. The molecule has 0 radical (unpaired) electrons. The van der Waals surface area contributed by atoms with Crippen LogP contribution >= 0.6 is 12.2 Å². The minimum absolute atomic E-state index is 0.414. The molecular formula is C5H14N2SSi. The highest BCUT2D eigenvalue weighted by Crippen LogP contribution is 1.95. The fourth-order valence-corrected chi connectivity index (χ4v) is 1.27. The summed E-state index contributed by atoms with van der Waals surface area (Å²) in [4.78, 5) is 0. The van der Waals surface area contributed by atoms with Gasteiger partial charge in [-0.2, -0.15) is 0 Å². The maximum absolute atomic E-state index is 5.24. The standard InChI is InChI=1S/C5H14N2SSi/c1-9(2,3)4-7-5(6)8/h4H2,1-3H3,(H3,6,7,8). The maximum atomic E-state index is 5.24. The van der Waals surface area contributed by atoms with Crippen LogP contribution in [0.15, 0.2) is 0 Å². The molecule has 0 bridgehead atoms. The minimum Gasteiger partial charge on any atom is -0.376 e. The molecule has 0 aromatic rings. The Kier molecular flexibility index (Phi) is 3.14. The van der Waals surface area contributed by atoms with Gasteiger partial charge in [0.1, 0.15) is 0 Å². The van der Waals surface area contributed by atoms with E-state index in [1.807, 2.05) is 0 Å². The molecule has 3 N–H and O–H groups in total. The molecule has 0 saturated heterocycles. The van der Waals surface area contributed by atoms with Crippen molar-refractivity contribution in [2.24, 2.45) is 5.73 Å². The van der Waals surface area contributed by atoms with E-state index in [1.165, 1.54) is 0 Å². The zero-order valence-corrected chi connectivity index (χ0v) is 8.01. The zero-order valence-electron chi connectivity index (χ0n) is 6.19. The van der Waals surface area contributed by atoms with Crippen LogP contribution in [0.4, 0.5) is 0 Å². The lowest BCUT2D eigenvalue weighted by Crippen LogP contribution is -2.42. The Morgan fingerprint density at radius 1 is 1.56 bits per heavy atom. The second kappa shape index (κ2) is 3.17. The van der Waals surface area contributed by atoms with Gasteiger partial charge < -0.3 is 11.1 Å². The number of nitrogens with two attached hydrogens (primary N) is 1. The minimum atomic E-state index is -0.999. The van der Waals surface area contributed by atoms with E-state index in [0.29, 0.717) is 5.11 Å². The van der Waals surface area contributed by atoms with Crippen LogP contribution in [0.2, 0.25) is 19.6 Å². The van der Waals surface area contributed by atoms with Crippen molar-refractivity contribution in [2.45, 2.75) is 19.6 Å². The normalized spacial score (nSPS) is 11.0. The molecule has 0 atom stereocenters. The fourth-order valence-electron chi connectivity index (χ4n) is 0.352. The Balaban J connectivity index is 3.39. The highest BCUT2D eigenvalue weighted by atomic mass is 32.1. The van der Waals surface area contributed by atoms with E-state index in [-0.39, 0.29) is 0 Å². The van der Waals surface area contributed by atoms with Crippen molar-refractivity contribution in [1.29, 1.82) is 0 Å². The van der Waals surface area contributed by atoms with Crippen molar-refractivity contribution in [3.8, 4) is 0 Å². The van der Waals surface area contributed by atoms with E-state index >= 15 is 0 Å². The lowest BCUT2D eigenvalue weighted by molar-refractivity contribution is 1.08. The predicted octanol–water partition coefficient (Wildman–Crippen LogP) is 0.697. The molecule has 2 nitrogen and oxygen atoms in total. The lowest BCUT2D eigenvalue weighted by Gasteiger charge is -2.15. The van der Waals surface area contributed by atoms with Gasteiger partial charge in [-0.3, -0.25) is 0 Å². The summed E-state index contributed by atoms with van der Waals surface area (Å²) in [6, 6.07) is 0. The lowest BCUT2D eigenvalue weighted by atomic mass is 11.1. The Morgan fingerprint density at radius 2 is 2.00 bits per heavy atom. The smallest absolute Gasteiger partial charge is 0.163 e. The van der Waals surface area contributed by atoms with Gasteiger partial charge in [0.2, 0.25) is 0 Å². The SMILES string of the molecule is C[Si](C)(C)CNC(N)=S. The first-order valence-electron chi connectivity index (χ1n) is 2.95. The molecule has 0 aromatic heterocycles. The van der Waals surface area contributed by atoms with Crippen LogP contribution in [0, 0.1) is 0 Å². The molecule has 0 spiro atoms. The first-order valence-corrected chi connectivity index (χ1v) is 7.07. The monoisotopic (exact) mass is 162 g/mol. The largest absolute Gasteiger partial charge is 0.376 e. The molecule has 0 unspecified atom stereocenters. The Hall–Kier alpha value is -0.0931. The van der Waals surface area contributed by atoms with Crippen LogP contribution in [0.25, 0.3) is 0 Å². The summed E-state index contributed by atoms with van der Waals surface area (Å²) in [5.74, 6) is 0. The van der Waals surface area contributed by atoms with Crippen molar-refractivity contribution in [3.05, 3.63) is 0 Å². The molecule has 0 aliphatic carbocycles. The summed E-state index contributed by atoms with van der Waals surface area (Å²) < 4.78 is 0. The highest BCUT2D eigenvalue weighted by molar-refractivity contribution is 7.80. The van der Waals surface area contributed by atoms with Gasteiger partial charge in [-0.05, 0) is 12.2 Å². The summed E-state index contributed by atoms with van der Waals surface area (Å²) in [7, 11) is -0.999. The van der Waals surface area contributed by atoms with E-state index in [4.69, 9.17) is 5.73 Å². The van der Waals surface area contributed by atoms with Crippen LogP contribution in [-0.4, -0.2) is 19.4 Å². The number of thiocarbonyl (C=S) groups is 1. The number of hydrogen-bond acceptors (Lipinski definition) is 1. The van der Waals surface area contributed by atoms with Crippen molar-refractivity contribution in [1.82, 2.24) is 5.32 Å². The van der Waals surface area contributed by atoms with Gasteiger partial charge in [0.25, 0.3) is 0 Å². The van der Waals surface area contributed by atoms with Gasteiger partial charge in [-0.1, -0.05) is 19.6 Å². The van der Waals surface area contributed by atoms with E-state index < -0.39 is 8.07 Å². The molecule has 0 fully saturated rings. The van der Waals surface area contributed by atoms with Crippen molar-refractivity contribution in [3.63, 3.8) is 0 Å². The summed E-state index contributed by atoms with van der Waals surface area (Å²) in [6.07, 6.45) is 0.975. The molecule has 0 saturated carbocycles. The number of rotatable bonds is 2. The fraction of sp³-hybridized carbons (Fsp3) is 0.800. The van der Waals surface area contributed by atoms with Gasteiger partial charge in [0.05, 0.1) is 8.07 Å². The first kappa shape index (κ1) is 8.91. The molecule has 9 heavy (non-hydrogen) atoms. The molecule has 0 rings (SSSR count). The second-order valence-electron chi connectivity index (χ2n) is 3.28. The molecule has 4 heteroatoms. The molecule has 54 valence electrons. The topological polar surface area (TPSA) is 38.0 Å². The Labute approximate surface area is 62.8 Å². The number of nitrogens with one attached hydrogen (secondary N) is 1. The van der Waals surface area contributed by atoms with Gasteiger partial charge in [-0.25, -0.2) is 0 Å². The van der Waals surface area contributed by atoms with Gasteiger partial charge in [0, 0.05) is 6.17 Å². The summed E-state index contributed by atoms with van der Waals surface area (Å²) in [6.45, 7) is 6.79. The maximum Gasteiger partial charge on any atom is 0.163 e.